The summed E-state index contributed by atoms with van der Waals surface area (Å²) in [4.78, 5) is 0. The van der Waals surface area contributed by atoms with Gasteiger partial charge in [0.15, 0.2) is 0 Å². The molecule has 4 heteroatoms. The Morgan fingerprint density at radius 1 is 1.25 bits per heavy atom. The summed E-state index contributed by atoms with van der Waals surface area (Å²) < 4.78 is 16.2. The van der Waals surface area contributed by atoms with Crippen molar-refractivity contribution in [2.24, 2.45) is 0 Å². The van der Waals surface area contributed by atoms with Crippen LogP contribution in [-0.4, -0.2) is 0 Å². The summed E-state index contributed by atoms with van der Waals surface area (Å²) in [7, 11) is 0. The van der Waals surface area contributed by atoms with Gasteiger partial charge in [-0.1, -0.05) is 0 Å². The van der Waals surface area contributed by atoms with Crippen molar-refractivity contribution in [1.29, 1.82) is 0 Å². The van der Waals surface area contributed by atoms with E-state index in [0.29, 0.717) is 0 Å². The molecule has 0 spiro atoms. The fourth-order valence-corrected chi connectivity index (χ4v) is 0. The summed E-state index contributed by atoms with van der Waals surface area (Å²) in [5, 5.41) is 0. The third-order valence-electron chi connectivity index (χ3n) is 0. The van der Waals surface area contributed by atoms with Crippen LogP contribution in [0, 0.1) is 0 Å². The van der Waals surface area contributed by atoms with E-state index in [1.807, 2.05) is 0 Å². The molecule has 0 aromatic carbocycles. The summed E-state index contributed by atoms with van der Waals surface area (Å²) in [5.74, 6) is 0. The molecule has 24 valence electrons. The zero-order valence-corrected chi connectivity index (χ0v) is 4.22. The van der Waals surface area contributed by atoms with E-state index in [1.54, 1.807) is 15.9 Å². The third kappa shape index (κ3) is 15.8. The quantitative estimate of drug-likeness (QED) is 0.432. The normalized spacial score (nSPS) is 1.75. The van der Waals surface area contributed by atoms with Gasteiger partial charge in [-0.25, -0.2) is 0 Å². The molecule has 0 atom stereocenters. The van der Waals surface area contributed by atoms with Crippen LogP contribution in [0.15, 0.2) is 0 Å². The molecule has 0 unspecified atom stereocenters. The van der Waals surface area contributed by atoms with Crippen LogP contribution in [0.3, 0.4) is 0 Å². The second kappa shape index (κ2) is 54.7. The van der Waals surface area contributed by atoms with E-state index in [0.717, 1.165) is 17.4 Å². The standard InChI is InChI=1S/Mn.2O.V. The van der Waals surface area contributed by atoms with E-state index in [2.05, 4.69) is 0 Å². The van der Waals surface area contributed by atoms with Gasteiger partial charge in [-0.2, -0.15) is 0 Å². The van der Waals surface area contributed by atoms with Crippen LogP contribution in [0.4, 0.5) is 0 Å². The predicted molar refractivity (Wildman–Crippen MR) is 1.37 cm³/mol. The van der Waals surface area contributed by atoms with E-state index >= 15 is 0 Å². The molecule has 0 aromatic heterocycles. The van der Waals surface area contributed by atoms with Gasteiger partial charge in [0.1, 0.15) is 0 Å². The minimum atomic E-state index is 1.06. The molecule has 2 nitrogen and oxygen atoms in total. The summed E-state index contributed by atoms with van der Waals surface area (Å²) >= 11 is 2.75. The molecule has 0 aliphatic heterocycles. The Morgan fingerprint density at radius 3 is 1.25 bits per heavy atom. The summed E-state index contributed by atoms with van der Waals surface area (Å²) in [6, 6.07) is 0. The van der Waals surface area contributed by atoms with Crippen molar-refractivity contribution < 1.29 is 40.8 Å². The van der Waals surface area contributed by atoms with Crippen molar-refractivity contribution in [3.8, 4) is 0 Å². The fraction of sp³-hybridized carbons (Fsp3) is 0. The number of rotatable bonds is 0. The van der Waals surface area contributed by atoms with E-state index < -0.39 is 0 Å². The van der Waals surface area contributed by atoms with Gasteiger partial charge in [-0.3, -0.25) is 0 Å². The van der Waals surface area contributed by atoms with Gasteiger partial charge in [0, 0.05) is 0 Å². The topological polar surface area (TPSA) is 34.1 Å². The molecule has 0 saturated carbocycles. The first-order chi connectivity index (χ1) is 2.00. The van der Waals surface area contributed by atoms with Gasteiger partial charge in [0.05, 0.1) is 0 Å². The maximum atomic E-state index is 8.19. The number of hydrogen-bond acceptors (Lipinski definition) is 2. The Bertz CT molecular complexity index is 8.00. The van der Waals surface area contributed by atoms with Gasteiger partial charge in [-0.15, -0.1) is 0 Å². The summed E-state index contributed by atoms with van der Waals surface area (Å²) in [5.41, 5.74) is 0. The minimum absolute atomic E-state index is 1.06. The Balaban J connectivity index is 0. The Morgan fingerprint density at radius 2 is 1.25 bits per heavy atom. The second-order valence-electron chi connectivity index (χ2n) is 0. The molecule has 0 rings (SSSR count). The van der Waals surface area contributed by atoms with Gasteiger partial charge in [-0.05, 0) is 0 Å². The predicted octanol–water partition coefficient (Wildman–Crippen LogP) is -0.243. The van der Waals surface area contributed by atoms with Crippen molar-refractivity contribution in [3.63, 3.8) is 0 Å². The van der Waals surface area contributed by atoms with Crippen molar-refractivity contribution >= 4 is 0 Å². The van der Waals surface area contributed by atoms with Gasteiger partial charge >= 0.3 is 40.8 Å². The molecule has 0 N–H and O–H groups in total. The molecule has 0 aliphatic rings. The van der Waals surface area contributed by atoms with Crippen molar-refractivity contribution in [2.75, 3.05) is 0 Å². The van der Waals surface area contributed by atoms with Crippen molar-refractivity contribution in [2.45, 2.75) is 0 Å². The van der Waals surface area contributed by atoms with E-state index in [1.165, 1.54) is 0 Å². The fourth-order valence-electron chi connectivity index (χ4n) is 0. The van der Waals surface area contributed by atoms with Crippen LogP contribution < -0.4 is 0 Å². The molecule has 0 fully saturated rings. The van der Waals surface area contributed by atoms with Crippen molar-refractivity contribution in [1.82, 2.24) is 0 Å². The average Bonchev–Trinajstić information content (AvgIpc) is 1.50. The molecule has 0 radical (unpaired) electrons. The van der Waals surface area contributed by atoms with Crippen LogP contribution in [0.5, 0.6) is 0 Å². The molecule has 4 heavy (non-hydrogen) atoms. The van der Waals surface area contributed by atoms with E-state index in [9.17, 15) is 0 Å². The van der Waals surface area contributed by atoms with Gasteiger partial charge in [0.25, 0.3) is 0 Å². The van der Waals surface area contributed by atoms with Crippen LogP contribution in [-0.2, 0) is 40.8 Å². The van der Waals surface area contributed by atoms with Crippen LogP contribution in [0.2, 0.25) is 0 Å². The molecule has 0 saturated heterocycles. The van der Waals surface area contributed by atoms with Crippen LogP contribution in [0.1, 0.15) is 0 Å². The maximum absolute atomic E-state index is 8.19. The Kier molecular flexibility index (Phi) is 121. The monoisotopic (exact) mass is 138 g/mol. The third-order valence-corrected chi connectivity index (χ3v) is 0. The van der Waals surface area contributed by atoms with Gasteiger partial charge in [0.2, 0.25) is 0 Å². The molecule has 0 aromatic rings. The molecular formula is MnO2V. The molecule has 0 amide bonds. The molecule has 0 aliphatic carbocycles. The zero-order chi connectivity index (χ0) is 4.00. The summed E-state index contributed by atoms with van der Waals surface area (Å²) in [6.07, 6.45) is 0. The van der Waals surface area contributed by atoms with E-state index in [-0.39, 0.29) is 0 Å². The average molecular weight is 138 g/mol. The molecule has 0 bridgehead atoms. The first-order valence-corrected chi connectivity index (χ1v) is 1.39. The SMILES string of the molecule is [O]=[Mn].[O]=[V]. The van der Waals surface area contributed by atoms with E-state index in [4.69, 9.17) is 7.51 Å². The van der Waals surface area contributed by atoms with Gasteiger partial charge < -0.3 is 0 Å². The Hall–Kier alpha value is 0.704. The number of hydrogen-bond donors (Lipinski definition) is 0. The zero-order valence-electron chi connectivity index (χ0n) is 1.64. The molecule has 0 heterocycles. The molecular weight excluding hydrogens is 138 g/mol. The van der Waals surface area contributed by atoms with Crippen LogP contribution in [0.25, 0.3) is 0 Å². The first-order valence-electron chi connectivity index (χ1n) is 0.337. The van der Waals surface area contributed by atoms with Crippen LogP contribution >= 0.6 is 0 Å². The first kappa shape index (κ1) is 8.83. The van der Waals surface area contributed by atoms with Crippen molar-refractivity contribution in [3.05, 3.63) is 0 Å². The second-order valence-corrected chi connectivity index (χ2v) is 0. The summed E-state index contributed by atoms with van der Waals surface area (Å²) in [6.45, 7) is 0. The Labute approximate surface area is 41.2 Å².